The molecule has 1 atom stereocenters. The molecule has 0 spiro atoms. The molecule has 0 aliphatic heterocycles. The quantitative estimate of drug-likeness (QED) is 0.866. The second kappa shape index (κ2) is 5.81. The smallest absolute Gasteiger partial charge is 0.333 e. The zero-order valence-corrected chi connectivity index (χ0v) is 12.6. The Labute approximate surface area is 128 Å². The van der Waals surface area contributed by atoms with Crippen molar-refractivity contribution >= 4 is 27.6 Å². The van der Waals surface area contributed by atoms with Crippen molar-refractivity contribution in [2.24, 2.45) is 0 Å². The molecule has 0 aromatic heterocycles. The Morgan fingerprint density at radius 2 is 1.95 bits per heavy atom. The van der Waals surface area contributed by atoms with Gasteiger partial charge in [0.1, 0.15) is 11.6 Å². The van der Waals surface area contributed by atoms with Crippen LogP contribution >= 0.6 is 15.9 Å². The minimum Gasteiger partial charge on any atom is -0.479 e. The predicted octanol–water partition coefficient (Wildman–Crippen LogP) is 4.14. The highest BCUT2D eigenvalue weighted by atomic mass is 79.9. The highest BCUT2D eigenvalue weighted by Crippen LogP contribution is 2.30. The van der Waals surface area contributed by atoms with Crippen molar-refractivity contribution in [1.29, 1.82) is 0 Å². The highest BCUT2D eigenvalue weighted by molar-refractivity contribution is 9.10. The molecule has 2 rings (SSSR count). The van der Waals surface area contributed by atoms with Crippen molar-refractivity contribution in [3.63, 3.8) is 0 Å². The van der Waals surface area contributed by atoms with Gasteiger partial charge in [-0.15, -0.1) is 0 Å². The number of rotatable bonds is 4. The van der Waals surface area contributed by atoms with Crippen molar-refractivity contribution in [1.82, 2.24) is 0 Å². The fraction of sp³-hybridized carbons (Fsp3) is 0.133. The van der Waals surface area contributed by atoms with Crippen molar-refractivity contribution in [3.8, 4) is 0 Å². The largest absolute Gasteiger partial charge is 0.479 e. The number of hydrogen-bond donors (Lipinski definition) is 2. The molecule has 0 heterocycles. The van der Waals surface area contributed by atoms with Crippen LogP contribution in [0.3, 0.4) is 0 Å². The first-order chi connectivity index (χ1) is 9.83. The SMILES string of the molecule is CC(Nc1cccc(Br)c1)(C(=O)O)c1cc(F)ccc1F. The molecule has 21 heavy (non-hydrogen) atoms. The number of carbonyl (C=O) groups is 1. The molecule has 0 fully saturated rings. The second-order valence-corrected chi connectivity index (χ2v) is 5.61. The van der Waals surface area contributed by atoms with Gasteiger partial charge < -0.3 is 10.4 Å². The molecule has 0 bridgehead atoms. The lowest BCUT2D eigenvalue weighted by atomic mass is 9.91. The summed E-state index contributed by atoms with van der Waals surface area (Å²) < 4.78 is 28.0. The number of carboxylic acids is 1. The van der Waals surface area contributed by atoms with Crippen molar-refractivity contribution in [2.75, 3.05) is 5.32 Å². The highest BCUT2D eigenvalue weighted by Gasteiger charge is 2.38. The molecule has 1 unspecified atom stereocenters. The van der Waals surface area contributed by atoms with E-state index >= 15 is 0 Å². The third-order valence-corrected chi connectivity index (χ3v) is 3.61. The van der Waals surface area contributed by atoms with Crippen molar-refractivity contribution in [2.45, 2.75) is 12.5 Å². The van der Waals surface area contributed by atoms with Crippen LogP contribution in [0.2, 0.25) is 0 Å². The van der Waals surface area contributed by atoms with E-state index in [0.717, 1.165) is 22.7 Å². The summed E-state index contributed by atoms with van der Waals surface area (Å²) in [5, 5.41) is 12.2. The number of nitrogens with one attached hydrogen (secondary N) is 1. The van der Waals surface area contributed by atoms with Crippen LogP contribution in [0.4, 0.5) is 14.5 Å². The maximum atomic E-state index is 13.9. The molecule has 0 radical (unpaired) electrons. The van der Waals surface area contributed by atoms with Crippen LogP contribution in [0.25, 0.3) is 0 Å². The normalized spacial score (nSPS) is 13.5. The third-order valence-electron chi connectivity index (χ3n) is 3.11. The molecule has 0 saturated carbocycles. The van der Waals surface area contributed by atoms with Crippen LogP contribution in [0.15, 0.2) is 46.9 Å². The van der Waals surface area contributed by atoms with Gasteiger partial charge in [0, 0.05) is 15.7 Å². The number of benzene rings is 2. The Hall–Kier alpha value is -1.95. The van der Waals surface area contributed by atoms with E-state index in [-0.39, 0.29) is 5.56 Å². The van der Waals surface area contributed by atoms with Gasteiger partial charge >= 0.3 is 5.97 Å². The van der Waals surface area contributed by atoms with E-state index in [1.807, 2.05) is 0 Å². The Morgan fingerprint density at radius 1 is 1.24 bits per heavy atom. The minimum absolute atomic E-state index is 0.269. The van der Waals surface area contributed by atoms with Crippen molar-refractivity contribution < 1.29 is 18.7 Å². The van der Waals surface area contributed by atoms with Crippen LogP contribution in [0, 0.1) is 11.6 Å². The summed E-state index contributed by atoms with van der Waals surface area (Å²) in [6.07, 6.45) is 0. The zero-order valence-electron chi connectivity index (χ0n) is 11.0. The van der Waals surface area contributed by atoms with E-state index in [4.69, 9.17) is 0 Å². The molecular formula is C15H12BrF2NO2. The average molecular weight is 356 g/mol. The van der Waals surface area contributed by atoms with Gasteiger partial charge in [-0.1, -0.05) is 22.0 Å². The fourth-order valence-electron chi connectivity index (χ4n) is 1.97. The molecule has 2 N–H and O–H groups in total. The van der Waals surface area contributed by atoms with E-state index in [1.54, 1.807) is 24.3 Å². The van der Waals surface area contributed by atoms with Gasteiger partial charge in [-0.05, 0) is 43.3 Å². The van der Waals surface area contributed by atoms with Crippen LogP contribution in [0.1, 0.15) is 12.5 Å². The van der Waals surface area contributed by atoms with Crippen LogP contribution in [-0.2, 0) is 10.3 Å². The summed E-state index contributed by atoms with van der Waals surface area (Å²) in [5.74, 6) is -2.80. The maximum Gasteiger partial charge on any atom is 0.333 e. The lowest BCUT2D eigenvalue weighted by Gasteiger charge is -2.28. The van der Waals surface area contributed by atoms with E-state index in [1.165, 1.54) is 6.92 Å². The van der Waals surface area contributed by atoms with E-state index in [2.05, 4.69) is 21.2 Å². The molecule has 0 amide bonds. The standard InChI is InChI=1S/C15H12BrF2NO2/c1-15(14(20)21,12-8-10(17)5-6-13(12)18)19-11-4-2-3-9(16)7-11/h2-8,19H,1H3,(H,20,21). The minimum atomic E-state index is -1.80. The lowest BCUT2D eigenvalue weighted by molar-refractivity contribution is -0.142. The first-order valence-corrected chi connectivity index (χ1v) is 6.85. The summed E-state index contributed by atoms with van der Waals surface area (Å²) in [6, 6.07) is 9.51. The van der Waals surface area contributed by atoms with Gasteiger partial charge in [0.15, 0.2) is 5.54 Å². The number of aliphatic carboxylic acids is 1. The molecule has 3 nitrogen and oxygen atoms in total. The summed E-state index contributed by atoms with van der Waals surface area (Å²) in [7, 11) is 0. The Balaban J connectivity index is 2.50. The van der Waals surface area contributed by atoms with E-state index in [0.29, 0.717) is 5.69 Å². The molecule has 110 valence electrons. The number of anilines is 1. The summed E-state index contributed by atoms with van der Waals surface area (Å²) in [6.45, 7) is 1.29. The van der Waals surface area contributed by atoms with Crippen LogP contribution < -0.4 is 5.32 Å². The van der Waals surface area contributed by atoms with Gasteiger partial charge in [0.05, 0.1) is 0 Å². The molecule has 2 aromatic rings. The monoisotopic (exact) mass is 355 g/mol. The Morgan fingerprint density at radius 3 is 2.57 bits per heavy atom. The van der Waals surface area contributed by atoms with Gasteiger partial charge in [-0.25, -0.2) is 13.6 Å². The zero-order chi connectivity index (χ0) is 15.6. The Kier molecular flexibility index (Phi) is 4.27. The topological polar surface area (TPSA) is 49.3 Å². The second-order valence-electron chi connectivity index (χ2n) is 4.69. The maximum absolute atomic E-state index is 13.9. The van der Waals surface area contributed by atoms with E-state index < -0.39 is 23.1 Å². The average Bonchev–Trinajstić information content (AvgIpc) is 2.41. The summed E-state index contributed by atoms with van der Waals surface area (Å²) in [4.78, 5) is 11.6. The van der Waals surface area contributed by atoms with Crippen LogP contribution in [-0.4, -0.2) is 11.1 Å². The fourth-order valence-corrected chi connectivity index (χ4v) is 2.37. The molecule has 0 aliphatic carbocycles. The molecule has 0 aliphatic rings. The summed E-state index contributed by atoms with van der Waals surface area (Å²) >= 11 is 3.27. The third kappa shape index (κ3) is 3.21. The number of carboxylic acid groups (broad SMARTS) is 1. The van der Waals surface area contributed by atoms with Crippen LogP contribution in [0.5, 0.6) is 0 Å². The Bertz CT molecular complexity index is 693. The first kappa shape index (κ1) is 15.4. The molecule has 0 saturated heterocycles. The lowest BCUT2D eigenvalue weighted by Crippen LogP contribution is -2.41. The van der Waals surface area contributed by atoms with Gasteiger partial charge in [-0.2, -0.15) is 0 Å². The van der Waals surface area contributed by atoms with Gasteiger partial charge in [0.2, 0.25) is 0 Å². The predicted molar refractivity (Wildman–Crippen MR) is 79.1 cm³/mol. The van der Waals surface area contributed by atoms with Gasteiger partial charge in [0.25, 0.3) is 0 Å². The summed E-state index contributed by atoms with van der Waals surface area (Å²) in [5.41, 5.74) is -1.60. The number of halogens is 3. The molecular weight excluding hydrogens is 344 g/mol. The first-order valence-electron chi connectivity index (χ1n) is 6.05. The van der Waals surface area contributed by atoms with Crippen molar-refractivity contribution in [3.05, 3.63) is 64.1 Å². The van der Waals surface area contributed by atoms with E-state index in [9.17, 15) is 18.7 Å². The number of hydrogen-bond acceptors (Lipinski definition) is 2. The molecule has 6 heteroatoms. The molecule has 2 aromatic carbocycles. The van der Waals surface area contributed by atoms with Gasteiger partial charge in [-0.3, -0.25) is 0 Å².